The number of methoxy groups -OCH3 is 2. The van der Waals surface area contributed by atoms with Crippen LogP contribution < -0.4 is 0 Å². The molecular formula is C34H45ClO11. The Bertz CT molecular complexity index is 1270. The van der Waals surface area contributed by atoms with E-state index < -0.39 is 72.7 Å². The molecule has 0 spiro atoms. The lowest BCUT2D eigenvalue weighted by Crippen LogP contribution is -2.73. The van der Waals surface area contributed by atoms with Crippen LogP contribution in [0.4, 0.5) is 0 Å². The van der Waals surface area contributed by atoms with E-state index in [4.69, 9.17) is 63.7 Å². The molecule has 2 aromatic carbocycles. The Kier molecular flexibility index (Phi) is 10.4. The molecule has 2 aromatic rings. The van der Waals surface area contributed by atoms with Crippen LogP contribution >= 0.6 is 11.6 Å². The van der Waals surface area contributed by atoms with Crippen molar-refractivity contribution in [3.05, 3.63) is 71.8 Å². The van der Waals surface area contributed by atoms with E-state index in [9.17, 15) is 0 Å². The van der Waals surface area contributed by atoms with Crippen LogP contribution in [0.1, 0.15) is 38.8 Å². The average Bonchev–Trinajstić information content (AvgIpc) is 3.53. The van der Waals surface area contributed by atoms with Gasteiger partial charge in [0.25, 0.3) is 0 Å². The van der Waals surface area contributed by atoms with Gasteiger partial charge in [-0.3, -0.25) is 0 Å². The summed E-state index contributed by atoms with van der Waals surface area (Å²) < 4.78 is 69.8. The highest BCUT2D eigenvalue weighted by Gasteiger charge is 2.64. The predicted octanol–water partition coefficient (Wildman–Crippen LogP) is 4.52. The fourth-order valence-corrected chi connectivity index (χ4v) is 6.65. The molecule has 0 amide bonds. The van der Waals surface area contributed by atoms with Crippen molar-refractivity contribution in [3.63, 3.8) is 0 Å². The number of alkyl halides is 1. The second-order valence-electron chi connectivity index (χ2n) is 12.7. The summed E-state index contributed by atoms with van der Waals surface area (Å²) in [5.74, 6) is -3.27. The Balaban J connectivity index is 1.31. The maximum atomic E-state index is 6.77. The van der Waals surface area contributed by atoms with E-state index in [0.717, 1.165) is 11.1 Å². The smallest absolute Gasteiger partial charge is 0.220 e. The third-order valence-electron chi connectivity index (χ3n) is 9.13. The minimum absolute atomic E-state index is 0.163. The van der Waals surface area contributed by atoms with Gasteiger partial charge in [0, 0.05) is 14.2 Å². The van der Waals surface area contributed by atoms with Crippen molar-refractivity contribution in [1.29, 1.82) is 0 Å². The Morgan fingerprint density at radius 2 is 1.28 bits per heavy atom. The van der Waals surface area contributed by atoms with Crippen LogP contribution in [-0.2, 0) is 65.3 Å². The number of halogens is 1. The highest BCUT2D eigenvalue weighted by atomic mass is 35.5. The second kappa shape index (κ2) is 14.0. The van der Waals surface area contributed by atoms with Gasteiger partial charge < -0.3 is 52.1 Å². The zero-order chi connectivity index (χ0) is 32.5. The Morgan fingerprint density at radius 3 is 1.89 bits per heavy atom. The van der Waals surface area contributed by atoms with Crippen molar-refractivity contribution in [2.75, 3.05) is 26.7 Å². The molecule has 254 valence electrons. The summed E-state index contributed by atoms with van der Waals surface area (Å²) in [7, 11) is 3.10. The third-order valence-corrected chi connectivity index (χ3v) is 9.43. The van der Waals surface area contributed by atoms with Crippen molar-refractivity contribution >= 4 is 11.6 Å². The molecule has 6 rings (SSSR count). The lowest BCUT2D eigenvalue weighted by atomic mass is 9.93. The SMILES string of the molecule is CO[C@@]1(C)O[C@@H]2[C@@H](OCc3ccccc3)[C@@H](O[C@H]3[C@H]4OC(C)(C)O[C@H]4O[C@@H]3CCl)O[C@H](COCc3ccccc3)[C@H]2O[C@]1(C)OC. The lowest BCUT2D eigenvalue weighted by molar-refractivity contribution is -0.483. The first-order chi connectivity index (χ1) is 22.1. The van der Waals surface area contributed by atoms with Gasteiger partial charge in [-0.1, -0.05) is 60.7 Å². The molecule has 11 nitrogen and oxygen atoms in total. The number of fused-ring (bicyclic) bond motifs is 2. The van der Waals surface area contributed by atoms with Crippen LogP contribution in [-0.4, -0.2) is 99.4 Å². The molecule has 4 heterocycles. The van der Waals surface area contributed by atoms with Crippen molar-refractivity contribution in [2.45, 2.75) is 114 Å². The molecule has 0 unspecified atom stereocenters. The number of hydrogen-bond donors (Lipinski definition) is 0. The summed E-state index contributed by atoms with van der Waals surface area (Å²) in [5.41, 5.74) is 2.00. The van der Waals surface area contributed by atoms with Gasteiger partial charge in [0.05, 0.1) is 25.7 Å². The van der Waals surface area contributed by atoms with Gasteiger partial charge in [-0.05, 0) is 38.8 Å². The Morgan fingerprint density at radius 1 is 0.674 bits per heavy atom. The normalized spacial score (nSPS) is 40.0. The van der Waals surface area contributed by atoms with E-state index in [1.54, 1.807) is 28.1 Å². The van der Waals surface area contributed by atoms with E-state index in [-0.39, 0.29) is 19.1 Å². The van der Waals surface area contributed by atoms with Crippen LogP contribution in [0.2, 0.25) is 0 Å². The van der Waals surface area contributed by atoms with E-state index in [0.29, 0.717) is 6.61 Å². The van der Waals surface area contributed by atoms with Gasteiger partial charge in [-0.15, -0.1) is 11.6 Å². The molecule has 12 heteroatoms. The third kappa shape index (κ3) is 6.89. The van der Waals surface area contributed by atoms with E-state index >= 15 is 0 Å². The van der Waals surface area contributed by atoms with Crippen molar-refractivity contribution in [3.8, 4) is 0 Å². The Labute approximate surface area is 275 Å². The van der Waals surface area contributed by atoms with Crippen LogP contribution in [0.3, 0.4) is 0 Å². The molecule has 4 fully saturated rings. The molecular weight excluding hydrogens is 620 g/mol. The molecule has 4 saturated heterocycles. The molecule has 4 aliphatic heterocycles. The zero-order valence-corrected chi connectivity index (χ0v) is 27.9. The minimum atomic E-state index is -1.30. The quantitative estimate of drug-likeness (QED) is 0.299. The zero-order valence-electron chi connectivity index (χ0n) is 27.2. The molecule has 0 radical (unpaired) electrons. The molecule has 0 aromatic heterocycles. The minimum Gasteiger partial charge on any atom is -0.374 e. The fourth-order valence-electron chi connectivity index (χ4n) is 6.40. The predicted molar refractivity (Wildman–Crippen MR) is 165 cm³/mol. The molecule has 0 aliphatic carbocycles. The fraction of sp³-hybridized carbons (Fsp3) is 0.647. The van der Waals surface area contributed by atoms with Gasteiger partial charge in [0.1, 0.15) is 42.7 Å². The van der Waals surface area contributed by atoms with Crippen molar-refractivity contribution < 1.29 is 52.1 Å². The highest BCUT2D eigenvalue weighted by molar-refractivity contribution is 6.18. The first-order valence-corrected chi connectivity index (χ1v) is 16.2. The maximum absolute atomic E-state index is 6.77. The number of benzene rings is 2. The highest BCUT2D eigenvalue weighted by Crippen LogP contribution is 2.46. The van der Waals surface area contributed by atoms with Gasteiger partial charge in [0.2, 0.25) is 11.6 Å². The first kappa shape index (κ1) is 34.2. The molecule has 0 N–H and O–H groups in total. The standard InChI is InChI=1S/C34H45ClO11/c1-32(2)43-29-25(23(17-35)40-31(29)46-32)42-30-28(39-19-22-15-11-8-12-16-22)27-26(44-33(3,36-5)34(4,37-6)45-27)24(41-30)20-38-18-21-13-9-7-10-14-21/h7-16,23-31H,17-20H2,1-6H3/t23-,24-,25-,26-,27+,28-,29-,30-,31-,33+,34+/m1/s1. The number of rotatable bonds is 12. The van der Waals surface area contributed by atoms with Crippen LogP contribution in [0.25, 0.3) is 0 Å². The van der Waals surface area contributed by atoms with Gasteiger partial charge in [0.15, 0.2) is 18.4 Å². The van der Waals surface area contributed by atoms with Gasteiger partial charge in [-0.2, -0.15) is 0 Å². The van der Waals surface area contributed by atoms with Crippen molar-refractivity contribution in [2.24, 2.45) is 0 Å². The summed E-state index contributed by atoms with van der Waals surface area (Å²) in [6.45, 7) is 8.04. The molecule has 4 aliphatic rings. The summed E-state index contributed by atoms with van der Waals surface area (Å²) in [4.78, 5) is 0. The number of ether oxygens (including phenoxy) is 11. The first-order valence-electron chi connectivity index (χ1n) is 15.7. The summed E-state index contributed by atoms with van der Waals surface area (Å²) >= 11 is 6.37. The topological polar surface area (TPSA) is 102 Å². The Hall–Kier alpha value is -1.71. The summed E-state index contributed by atoms with van der Waals surface area (Å²) in [5, 5.41) is 0. The van der Waals surface area contributed by atoms with Crippen LogP contribution in [0.5, 0.6) is 0 Å². The van der Waals surface area contributed by atoms with E-state index in [2.05, 4.69) is 0 Å². The summed E-state index contributed by atoms with van der Waals surface area (Å²) in [6.07, 6.45) is -6.08. The molecule has 46 heavy (non-hydrogen) atoms. The van der Waals surface area contributed by atoms with Crippen molar-refractivity contribution in [1.82, 2.24) is 0 Å². The number of hydrogen-bond acceptors (Lipinski definition) is 11. The van der Waals surface area contributed by atoms with E-state index in [1.807, 2.05) is 74.5 Å². The lowest BCUT2D eigenvalue weighted by Gasteiger charge is -2.57. The van der Waals surface area contributed by atoms with Crippen LogP contribution in [0.15, 0.2) is 60.7 Å². The molecule has 0 saturated carbocycles. The average molecular weight is 665 g/mol. The monoisotopic (exact) mass is 664 g/mol. The molecule has 11 atom stereocenters. The summed E-state index contributed by atoms with van der Waals surface area (Å²) in [6, 6.07) is 19.8. The van der Waals surface area contributed by atoms with E-state index in [1.165, 1.54) is 0 Å². The largest absolute Gasteiger partial charge is 0.374 e. The van der Waals surface area contributed by atoms with Gasteiger partial charge in [-0.25, -0.2) is 0 Å². The van der Waals surface area contributed by atoms with Crippen LogP contribution in [0, 0.1) is 0 Å². The van der Waals surface area contributed by atoms with Gasteiger partial charge >= 0.3 is 0 Å². The second-order valence-corrected chi connectivity index (χ2v) is 13.0. The molecule has 0 bridgehead atoms. The maximum Gasteiger partial charge on any atom is 0.220 e.